The van der Waals surface area contributed by atoms with Crippen LogP contribution in [0.4, 0.5) is 4.79 Å². The van der Waals surface area contributed by atoms with E-state index in [1.165, 1.54) is 7.11 Å². The quantitative estimate of drug-likeness (QED) is 0.267. The lowest BCUT2D eigenvalue weighted by atomic mass is 9.87. The Kier molecular flexibility index (Phi) is 12.0. The predicted molar refractivity (Wildman–Crippen MR) is 176 cm³/mol. The number of carbonyl (C=O) groups excluding carboxylic acids is 2. The highest BCUT2D eigenvalue weighted by Crippen LogP contribution is 2.41. The smallest absolute Gasteiger partial charge is 0.408 e. The molecule has 3 unspecified atom stereocenters. The van der Waals surface area contributed by atoms with Crippen molar-refractivity contribution in [2.24, 2.45) is 0 Å². The van der Waals surface area contributed by atoms with Crippen molar-refractivity contribution >= 4 is 12.0 Å². The Morgan fingerprint density at radius 3 is 2.13 bits per heavy atom. The molecule has 254 valence electrons. The lowest BCUT2D eigenvalue weighted by Crippen LogP contribution is -2.57. The van der Waals surface area contributed by atoms with Gasteiger partial charge in [-0.05, 0) is 73.7 Å². The van der Waals surface area contributed by atoms with Gasteiger partial charge >= 0.3 is 6.09 Å². The minimum absolute atomic E-state index is 0.115. The molecule has 0 aliphatic carbocycles. The number of fused-ring (bicyclic) bond motifs is 1. The van der Waals surface area contributed by atoms with Crippen LogP contribution in [0.3, 0.4) is 0 Å². The molecule has 0 saturated heterocycles. The molecule has 11 heteroatoms. The SMILES string of the molecule is COc1ccc(CC(NC(=O)OC(C)(C)C)C(=O)N2C(CO)Cc3cc(OC)c(OC)cc3C2COCc2ccccc2)cc1OC. The zero-order chi connectivity index (χ0) is 34.1. The van der Waals surface area contributed by atoms with E-state index in [-0.39, 0.29) is 19.6 Å². The summed E-state index contributed by atoms with van der Waals surface area (Å²) in [6, 6.07) is 16.5. The number of methoxy groups -OCH3 is 4. The molecule has 3 atom stereocenters. The van der Waals surface area contributed by atoms with Gasteiger partial charge in [0.1, 0.15) is 11.6 Å². The zero-order valence-corrected chi connectivity index (χ0v) is 28.2. The number of benzene rings is 3. The number of amides is 2. The average molecular weight is 651 g/mol. The Labute approximate surface area is 276 Å². The number of rotatable bonds is 13. The van der Waals surface area contributed by atoms with E-state index in [0.717, 1.165) is 22.3 Å². The van der Waals surface area contributed by atoms with Crippen LogP contribution in [0.25, 0.3) is 0 Å². The number of carbonyl (C=O) groups is 2. The van der Waals surface area contributed by atoms with Crippen molar-refractivity contribution in [1.29, 1.82) is 0 Å². The molecule has 1 heterocycles. The number of ether oxygens (including phenoxy) is 6. The van der Waals surface area contributed by atoms with Gasteiger partial charge in [-0.15, -0.1) is 0 Å². The van der Waals surface area contributed by atoms with Crippen molar-refractivity contribution in [3.05, 3.63) is 82.9 Å². The number of hydrogen-bond donors (Lipinski definition) is 2. The second kappa shape index (κ2) is 15.9. The first-order chi connectivity index (χ1) is 22.5. The van der Waals surface area contributed by atoms with E-state index in [9.17, 15) is 14.7 Å². The summed E-state index contributed by atoms with van der Waals surface area (Å²) in [5.74, 6) is 1.67. The molecule has 1 aliphatic heterocycles. The van der Waals surface area contributed by atoms with Crippen molar-refractivity contribution in [2.45, 2.75) is 63.9 Å². The van der Waals surface area contributed by atoms with Crippen molar-refractivity contribution in [3.63, 3.8) is 0 Å². The van der Waals surface area contributed by atoms with Gasteiger partial charge in [0, 0.05) is 6.42 Å². The van der Waals surface area contributed by atoms with E-state index >= 15 is 0 Å². The summed E-state index contributed by atoms with van der Waals surface area (Å²) in [7, 11) is 6.19. The van der Waals surface area contributed by atoms with Crippen molar-refractivity contribution < 1.29 is 43.1 Å². The van der Waals surface area contributed by atoms with Crippen LogP contribution in [0.2, 0.25) is 0 Å². The van der Waals surface area contributed by atoms with Crippen LogP contribution in [0.5, 0.6) is 23.0 Å². The summed E-state index contributed by atoms with van der Waals surface area (Å²) in [6.45, 7) is 5.38. The molecule has 3 aromatic rings. The maximum atomic E-state index is 14.8. The molecule has 0 aromatic heterocycles. The fourth-order valence-electron chi connectivity index (χ4n) is 5.77. The maximum absolute atomic E-state index is 14.8. The molecule has 3 aromatic carbocycles. The van der Waals surface area contributed by atoms with E-state index in [1.54, 1.807) is 59.1 Å². The molecular weight excluding hydrogens is 604 g/mol. The summed E-state index contributed by atoms with van der Waals surface area (Å²) < 4.78 is 33.9. The molecule has 0 saturated carbocycles. The average Bonchev–Trinajstić information content (AvgIpc) is 3.06. The zero-order valence-electron chi connectivity index (χ0n) is 28.2. The third-order valence-electron chi connectivity index (χ3n) is 7.92. The first kappa shape index (κ1) is 35.4. The number of aliphatic hydroxyl groups excluding tert-OH is 1. The van der Waals surface area contributed by atoms with Crippen molar-refractivity contribution in [2.75, 3.05) is 41.7 Å². The highest BCUT2D eigenvalue weighted by molar-refractivity contribution is 5.87. The van der Waals surface area contributed by atoms with Gasteiger partial charge in [-0.2, -0.15) is 0 Å². The van der Waals surface area contributed by atoms with Gasteiger partial charge in [0.2, 0.25) is 5.91 Å². The van der Waals surface area contributed by atoms with E-state index < -0.39 is 35.7 Å². The van der Waals surface area contributed by atoms with Crippen LogP contribution in [0.1, 0.15) is 49.1 Å². The molecule has 0 radical (unpaired) electrons. The largest absolute Gasteiger partial charge is 0.493 e. The monoisotopic (exact) mass is 650 g/mol. The van der Waals surface area contributed by atoms with Crippen LogP contribution in [0.15, 0.2) is 60.7 Å². The predicted octanol–water partition coefficient (Wildman–Crippen LogP) is 4.86. The summed E-state index contributed by atoms with van der Waals surface area (Å²) in [5.41, 5.74) is 2.61. The molecular formula is C36H46N2O9. The Balaban J connectivity index is 1.76. The summed E-state index contributed by atoms with van der Waals surface area (Å²) in [6.07, 6.45) is -0.274. The van der Waals surface area contributed by atoms with E-state index in [4.69, 9.17) is 28.4 Å². The molecule has 0 bridgehead atoms. The van der Waals surface area contributed by atoms with Gasteiger partial charge in [-0.3, -0.25) is 4.79 Å². The van der Waals surface area contributed by atoms with Gasteiger partial charge in [0.15, 0.2) is 23.0 Å². The van der Waals surface area contributed by atoms with Crippen molar-refractivity contribution in [1.82, 2.24) is 10.2 Å². The summed E-state index contributed by atoms with van der Waals surface area (Å²) in [4.78, 5) is 29.5. The molecule has 11 nitrogen and oxygen atoms in total. The normalized spacial score (nSPS) is 16.5. The molecule has 2 amide bonds. The van der Waals surface area contributed by atoms with Crippen LogP contribution in [0, 0.1) is 0 Å². The third kappa shape index (κ3) is 8.87. The van der Waals surface area contributed by atoms with Gasteiger partial charge in [0.25, 0.3) is 0 Å². The van der Waals surface area contributed by atoms with Crippen molar-refractivity contribution in [3.8, 4) is 23.0 Å². The van der Waals surface area contributed by atoms with E-state index in [0.29, 0.717) is 36.0 Å². The van der Waals surface area contributed by atoms with Crippen LogP contribution >= 0.6 is 0 Å². The van der Waals surface area contributed by atoms with Crippen LogP contribution < -0.4 is 24.3 Å². The van der Waals surface area contributed by atoms with E-state index in [2.05, 4.69) is 5.32 Å². The number of nitrogens with one attached hydrogen (secondary N) is 1. The molecule has 4 rings (SSSR count). The molecule has 0 spiro atoms. The standard InChI is InChI=1S/C36H46N2O9/c1-36(2,3)47-35(41)37-28(15-24-13-14-30(42-4)31(16-24)43-5)34(40)38-26(20-39)17-25-18-32(44-6)33(45-7)19-27(25)29(38)22-46-21-23-11-9-8-10-12-23/h8-14,16,18-19,26,28-29,39H,15,17,20-22H2,1-7H3,(H,37,41). The molecule has 1 aliphatic rings. The van der Waals surface area contributed by atoms with Crippen LogP contribution in [-0.2, 0) is 33.7 Å². The van der Waals surface area contributed by atoms with Gasteiger partial charge in [0.05, 0.1) is 60.3 Å². The lowest BCUT2D eigenvalue weighted by molar-refractivity contribution is -0.143. The molecule has 47 heavy (non-hydrogen) atoms. The highest BCUT2D eigenvalue weighted by atomic mass is 16.6. The molecule has 2 N–H and O–H groups in total. The Hall–Kier alpha value is -4.48. The third-order valence-corrected chi connectivity index (χ3v) is 7.92. The van der Waals surface area contributed by atoms with Gasteiger partial charge in [-0.1, -0.05) is 36.4 Å². The Bertz CT molecular complexity index is 1510. The van der Waals surface area contributed by atoms with Gasteiger partial charge in [-0.25, -0.2) is 4.79 Å². The highest BCUT2D eigenvalue weighted by Gasteiger charge is 2.41. The lowest BCUT2D eigenvalue weighted by Gasteiger charge is -2.44. The fraction of sp³-hybridized carbons (Fsp3) is 0.444. The topological polar surface area (TPSA) is 125 Å². The summed E-state index contributed by atoms with van der Waals surface area (Å²) in [5, 5.41) is 13.5. The second-order valence-electron chi connectivity index (χ2n) is 12.3. The first-order valence-corrected chi connectivity index (χ1v) is 15.5. The second-order valence-corrected chi connectivity index (χ2v) is 12.3. The molecule has 0 fully saturated rings. The number of hydrogen-bond acceptors (Lipinski definition) is 9. The maximum Gasteiger partial charge on any atom is 0.408 e. The number of alkyl carbamates (subject to hydrolysis) is 1. The van der Waals surface area contributed by atoms with Gasteiger partial charge < -0.3 is 43.7 Å². The Morgan fingerprint density at radius 1 is 0.872 bits per heavy atom. The fourth-order valence-corrected chi connectivity index (χ4v) is 5.77. The van der Waals surface area contributed by atoms with E-state index in [1.807, 2.05) is 48.5 Å². The van der Waals surface area contributed by atoms with Crippen LogP contribution in [-0.4, -0.2) is 81.3 Å². The summed E-state index contributed by atoms with van der Waals surface area (Å²) >= 11 is 0. The number of nitrogens with zero attached hydrogens (tertiary/aromatic N) is 1. The minimum Gasteiger partial charge on any atom is -0.493 e. The Morgan fingerprint density at radius 2 is 1.51 bits per heavy atom. The number of aliphatic hydroxyl groups is 1. The minimum atomic E-state index is -1.06. The first-order valence-electron chi connectivity index (χ1n) is 15.5.